The van der Waals surface area contributed by atoms with Gasteiger partial charge in [-0.2, -0.15) is 13.2 Å². The lowest BCUT2D eigenvalue weighted by Crippen LogP contribution is -2.19. The van der Waals surface area contributed by atoms with Crippen LogP contribution in [0.15, 0.2) is 65.6 Å². The van der Waals surface area contributed by atoms with E-state index >= 15 is 0 Å². The molecule has 10 heteroatoms. The largest absolute Gasteiger partial charge is 0.417 e. The molecule has 6 nitrogen and oxygen atoms in total. The summed E-state index contributed by atoms with van der Waals surface area (Å²) in [6, 6.07) is 14.2. The zero-order valence-corrected chi connectivity index (χ0v) is 20.8. The summed E-state index contributed by atoms with van der Waals surface area (Å²) in [4.78, 5) is 12.8. The molecule has 4 N–H and O–H groups in total. The van der Waals surface area contributed by atoms with Gasteiger partial charge >= 0.3 is 6.18 Å². The molecule has 0 aromatic heterocycles. The van der Waals surface area contributed by atoms with Gasteiger partial charge in [0.05, 0.1) is 10.5 Å². The van der Waals surface area contributed by atoms with Crippen LogP contribution in [0.1, 0.15) is 40.4 Å². The Hall–Kier alpha value is -3.21. The van der Waals surface area contributed by atoms with Crippen molar-refractivity contribution in [3.05, 3.63) is 82.9 Å². The molecule has 3 rings (SSSR count). The Morgan fingerprint density at radius 3 is 2.33 bits per heavy atom. The first kappa shape index (κ1) is 27.4. The van der Waals surface area contributed by atoms with Crippen LogP contribution in [0.5, 0.6) is 0 Å². The van der Waals surface area contributed by atoms with E-state index in [1.165, 1.54) is 37.3 Å². The molecular formula is C26H28F3N3O3S. The third-order valence-electron chi connectivity index (χ3n) is 5.63. The highest BCUT2D eigenvalue weighted by atomic mass is 32.2. The predicted octanol–water partition coefficient (Wildman–Crippen LogP) is 5.12. The Balaban J connectivity index is 1.95. The maximum Gasteiger partial charge on any atom is 0.417 e. The zero-order chi connectivity index (χ0) is 26.5. The van der Waals surface area contributed by atoms with Crippen LogP contribution in [-0.2, 0) is 22.6 Å². The minimum absolute atomic E-state index is 0.0718. The lowest BCUT2D eigenvalue weighted by Gasteiger charge is -2.17. The lowest BCUT2D eigenvalue weighted by molar-refractivity contribution is -0.137. The van der Waals surface area contributed by atoms with E-state index in [1.54, 1.807) is 24.3 Å². The number of benzene rings is 3. The topological polar surface area (TPSA) is 101 Å². The van der Waals surface area contributed by atoms with E-state index in [-0.39, 0.29) is 16.0 Å². The molecule has 0 saturated carbocycles. The van der Waals surface area contributed by atoms with E-state index < -0.39 is 27.7 Å². The Morgan fingerprint density at radius 1 is 0.972 bits per heavy atom. The number of alkyl halides is 3. The number of hydrogen-bond acceptors (Lipinski definition) is 4. The Labute approximate surface area is 208 Å². The van der Waals surface area contributed by atoms with Gasteiger partial charge in [-0.15, -0.1) is 0 Å². The van der Waals surface area contributed by atoms with Crippen molar-refractivity contribution < 1.29 is 26.4 Å². The molecule has 36 heavy (non-hydrogen) atoms. The van der Waals surface area contributed by atoms with Crippen LogP contribution < -0.4 is 15.8 Å². The van der Waals surface area contributed by atoms with Crippen molar-refractivity contribution in [3.8, 4) is 11.1 Å². The van der Waals surface area contributed by atoms with Gasteiger partial charge in [-0.1, -0.05) is 31.2 Å². The summed E-state index contributed by atoms with van der Waals surface area (Å²) in [6.07, 6.45) is -3.14. The van der Waals surface area contributed by atoms with Crippen LogP contribution in [0.2, 0.25) is 0 Å². The zero-order valence-electron chi connectivity index (χ0n) is 19.9. The SMILES string of the molecule is CCCNCCc1cc(NC(=O)c2ccc(S(N)(=O)=O)c(C)c2)ccc1-c1ccccc1C(F)(F)F. The summed E-state index contributed by atoms with van der Waals surface area (Å²) >= 11 is 0. The van der Waals surface area contributed by atoms with E-state index in [0.717, 1.165) is 19.0 Å². The third-order valence-corrected chi connectivity index (χ3v) is 6.70. The van der Waals surface area contributed by atoms with Crippen molar-refractivity contribution in [1.29, 1.82) is 0 Å². The summed E-state index contributed by atoms with van der Waals surface area (Å²) in [7, 11) is -3.92. The molecular weight excluding hydrogens is 491 g/mol. The average molecular weight is 520 g/mol. The number of carbonyl (C=O) groups excluding carboxylic acids is 1. The van der Waals surface area contributed by atoms with E-state index in [2.05, 4.69) is 10.6 Å². The van der Waals surface area contributed by atoms with Gasteiger partial charge in [0.2, 0.25) is 10.0 Å². The third kappa shape index (κ3) is 6.71. The fourth-order valence-electron chi connectivity index (χ4n) is 3.94. The maximum atomic E-state index is 13.7. The molecule has 0 saturated heterocycles. The number of amides is 1. The van der Waals surface area contributed by atoms with Crippen LogP contribution in [0.25, 0.3) is 11.1 Å². The number of sulfonamides is 1. The van der Waals surface area contributed by atoms with Crippen molar-refractivity contribution >= 4 is 21.6 Å². The summed E-state index contributed by atoms with van der Waals surface area (Å²) in [6.45, 7) is 4.88. The molecule has 0 unspecified atom stereocenters. The molecule has 0 bridgehead atoms. The highest BCUT2D eigenvalue weighted by Crippen LogP contribution is 2.38. The number of halogens is 3. The van der Waals surface area contributed by atoms with Gasteiger partial charge in [-0.05, 0) is 91.5 Å². The van der Waals surface area contributed by atoms with Gasteiger partial charge in [0.25, 0.3) is 5.91 Å². The molecule has 1 amide bonds. The Bertz CT molecular complexity index is 1360. The molecule has 0 spiro atoms. The number of aryl methyl sites for hydroxylation is 1. The van der Waals surface area contributed by atoms with Gasteiger partial charge < -0.3 is 10.6 Å². The second-order valence-electron chi connectivity index (χ2n) is 8.39. The number of rotatable bonds is 9. The monoisotopic (exact) mass is 519 g/mol. The standard InChI is InChI=1S/C26H28F3N3O3S/c1-3-13-31-14-12-18-16-20(9-10-21(18)22-6-4-5-7-23(22)26(27,28)29)32-25(33)19-8-11-24(17(2)15-19)36(30,34)35/h4-11,15-16,31H,3,12-14H2,1-2H3,(H,32,33)(H2,30,34,35). The van der Waals surface area contributed by atoms with Crippen molar-refractivity contribution in [2.45, 2.75) is 37.8 Å². The Morgan fingerprint density at radius 2 is 1.69 bits per heavy atom. The number of hydrogen-bond donors (Lipinski definition) is 3. The number of carbonyl (C=O) groups is 1. The maximum absolute atomic E-state index is 13.7. The molecule has 0 radical (unpaired) electrons. The second kappa shape index (κ2) is 11.2. The molecule has 3 aromatic rings. The minimum Gasteiger partial charge on any atom is -0.322 e. The van der Waals surface area contributed by atoms with E-state index in [1.807, 2.05) is 6.92 Å². The summed E-state index contributed by atoms with van der Waals surface area (Å²) in [5.41, 5.74) is 1.38. The first-order chi connectivity index (χ1) is 16.9. The van der Waals surface area contributed by atoms with E-state index in [4.69, 9.17) is 5.14 Å². The van der Waals surface area contributed by atoms with Crippen LogP contribution in [0.4, 0.5) is 18.9 Å². The van der Waals surface area contributed by atoms with Crippen molar-refractivity contribution in [2.24, 2.45) is 5.14 Å². The second-order valence-corrected chi connectivity index (χ2v) is 9.92. The summed E-state index contributed by atoms with van der Waals surface area (Å²) in [5, 5.41) is 11.2. The van der Waals surface area contributed by atoms with Gasteiger partial charge in [-0.25, -0.2) is 13.6 Å². The Kier molecular flexibility index (Phi) is 8.55. The van der Waals surface area contributed by atoms with Crippen molar-refractivity contribution in [1.82, 2.24) is 5.32 Å². The normalized spacial score (nSPS) is 11.9. The smallest absolute Gasteiger partial charge is 0.322 e. The van der Waals surface area contributed by atoms with Crippen LogP contribution in [-0.4, -0.2) is 27.4 Å². The quantitative estimate of drug-likeness (QED) is 0.342. The average Bonchev–Trinajstić information content (AvgIpc) is 2.80. The first-order valence-electron chi connectivity index (χ1n) is 11.4. The fraction of sp³-hybridized carbons (Fsp3) is 0.269. The van der Waals surface area contributed by atoms with Crippen molar-refractivity contribution in [3.63, 3.8) is 0 Å². The molecule has 0 aliphatic rings. The van der Waals surface area contributed by atoms with Crippen molar-refractivity contribution in [2.75, 3.05) is 18.4 Å². The number of nitrogens with one attached hydrogen (secondary N) is 2. The number of primary sulfonamides is 1. The molecule has 0 aliphatic heterocycles. The molecule has 192 valence electrons. The van der Waals surface area contributed by atoms with Gasteiger partial charge in [0.15, 0.2) is 0 Å². The number of anilines is 1. The molecule has 0 atom stereocenters. The highest BCUT2D eigenvalue weighted by molar-refractivity contribution is 7.89. The van der Waals surface area contributed by atoms with Gasteiger partial charge in [-0.3, -0.25) is 4.79 Å². The summed E-state index contributed by atoms with van der Waals surface area (Å²) < 4.78 is 64.3. The van der Waals surface area contributed by atoms with Gasteiger partial charge in [0.1, 0.15) is 0 Å². The molecule has 3 aromatic carbocycles. The van der Waals surface area contributed by atoms with E-state index in [0.29, 0.717) is 35.3 Å². The lowest BCUT2D eigenvalue weighted by atomic mass is 9.93. The highest BCUT2D eigenvalue weighted by Gasteiger charge is 2.33. The molecule has 0 aliphatic carbocycles. The van der Waals surface area contributed by atoms with Crippen LogP contribution >= 0.6 is 0 Å². The van der Waals surface area contributed by atoms with Crippen LogP contribution in [0.3, 0.4) is 0 Å². The molecule has 0 heterocycles. The predicted molar refractivity (Wildman–Crippen MR) is 134 cm³/mol. The summed E-state index contributed by atoms with van der Waals surface area (Å²) in [5.74, 6) is -0.488. The fourth-order valence-corrected chi connectivity index (χ4v) is 4.71. The van der Waals surface area contributed by atoms with Gasteiger partial charge in [0, 0.05) is 11.3 Å². The van der Waals surface area contributed by atoms with Crippen LogP contribution in [0, 0.1) is 6.92 Å². The first-order valence-corrected chi connectivity index (χ1v) is 12.9. The minimum atomic E-state index is -4.51. The number of nitrogens with two attached hydrogens (primary N) is 1. The van der Waals surface area contributed by atoms with E-state index in [9.17, 15) is 26.4 Å². The molecule has 0 fully saturated rings.